The van der Waals surface area contributed by atoms with E-state index in [0.29, 0.717) is 0 Å². The quantitative estimate of drug-likeness (QED) is 0.842. The van der Waals surface area contributed by atoms with Gasteiger partial charge in [-0.05, 0) is 13.3 Å². The predicted molar refractivity (Wildman–Crippen MR) is 110 cm³/mol. The van der Waals surface area contributed by atoms with Crippen molar-refractivity contribution < 1.29 is 0 Å². The zero-order valence-electron chi connectivity index (χ0n) is 15.5. The van der Waals surface area contributed by atoms with E-state index in [1.54, 1.807) is 22.7 Å². The molecule has 3 rings (SSSR count). The van der Waals surface area contributed by atoms with E-state index in [2.05, 4.69) is 37.0 Å². The number of rotatable bonds is 4. The Morgan fingerprint density at radius 1 is 1.20 bits per heavy atom. The lowest BCUT2D eigenvalue weighted by Crippen LogP contribution is -2.35. The molecule has 0 bridgehead atoms. The van der Waals surface area contributed by atoms with Gasteiger partial charge in [0.1, 0.15) is 16.4 Å². The lowest BCUT2D eigenvalue weighted by atomic mass is 10.3. The molecule has 136 valence electrons. The Morgan fingerprint density at radius 2 is 1.92 bits per heavy atom. The van der Waals surface area contributed by atoms with E-state index in [9.17, 15) is 0 Å². The number of guanidine groups is 1. The molecule has 0 unspecified atom stereocenters. The van der Waals surface area contributed by atoms with Crippen LogP contribution in [0.25, 0.3) is 17.1 Å². The zero-order valence-corrected chi connectivity index (χ0v) is 17.1. The van der Waals surface area contributed by atoms with Gasteiger partial charge >= 0.3 is 0 Å². The van der Waals surface area contributed by atoms with Gasteiger partial charge in [0.15, 0.2) is 11.1 Å². The predicted octanol–water partition coefficient (Wildman–Crippen LogP) is 3.98. The summed E-state index contributed by atoms with van der Waals surface area (Å²) >= 11 is 3.20. The van der Waals surface area contributed by atoms with Crippen molar-refractivity contribution in [2.24, 2.45) is 4.99 Å². The Hall–Kier alpha value is -1.93. The maximum absolute atomic E-state index is 4.71. The molecule has 0 saturated carbocycles. The number of nitrogens with one attached hydrogen (secondary N) is 2. The van der Waals surface area contributed by atoms with Crippen LogP contribution >= 0.6 is 22.7 Å². The Kier molecular flexibility index (Phi) is 7.39. The molecule has 0 atom stereocenters. The minimum Gasteiger partial charge on any atom is -0.376 e. The van der Waals surface area contributed by atoms with Crippen LogP contribution in [0.5, 0.6) is 0 Å². The number of aliphatic imine (C=N–C) groups is 1. The number of nitrogens with zero attached hydrogens (tertiary/aromatic N) is 4. The molecule has 2 N–H and O–H groups in total. The first-order valence-corrected chi connectivity index (χ1v) is 10.2. The normalized spacial score (nSPS) is 14.1. The summed E-state index contributed by atoms with van der Waals surface area (Å²) in [5, 5.41) is 12.4. The number of anilines is 1. The van der Waals surface area contributed by atoms with Crippen molar-refractivity contribution in [3.63, 3.8) is 0 Å². The summed E-state index contributed by atoms with van der Waals surface area (Å²) in [6, 6.07) is 0. The average Bonchev–Trinajstić information content (AvgIpc) is 3.28. The lowest BCUT2D eigenvalue weighted by Gasteiger charge is -2.14. The number of allylic oxidation sites excluding steroid dienone is 1. The lowest BCUT2D eigenvalue weighted by molar-refractivity contribution is 0.590. The molecule has 1 aliphatic rings. The highest BCUT2D eigenvalue weighted by molar-refractivity contribution is 7.14. The van der Waals surface area contributed by atoms with Crippen LogP contribution < -0.4 is 10.6 Å². The molecule has 0 amide bonds. The molecule has 2 aromatic rings. The highest BCUT2D eigenvalue weighted by Crippen LogP contribution is 2.29. The van der Waals surface area contributed by atoms with Gasteiger partial charge < -0.3 is 15.5 Å². The first-order chi connectivity index (χ1) is 12.2. The van der Waals surface area contributed by atoms with Gasteiger partial charge in [0, 0.05) is 37.9 Å². The maximum atomic E-state index is 4.71. The SMILES string of the molecule is C/C=C(/c1nc(-c2csc(NC3=NCCCN3)n2)cs1)N(C)C.CC. The second-order valence-corrected chi connectivity index (χ2v) is 7.00. The van der Waals surface area contributed by atoms with Crippen molar-refractivity contribution in [3.05, 3.63) is 21.8 Å². The summed E-state index contributed by atoms with van der Waals surface area (Å²) < 4.78 is 0. The molecule has 2 aromatic heterocycles. The van der Waals surface area contributed by atoms with Gasteiger partial charge in [-0.15, -0.1) is 22.7 Å². The van der Waals surface area contributed by atoms with Crippen LogP contribution in [0.3, 0.4) is 0 Å². The fraction of sp³-hybridized carbons (Fsp3) is 0.471. The van der Waals surface area contributed by atoms with Crippen molar-refractivity contribution in [3.8, 4) is 11.4 Å². The Balaban J connectivity index is 0.00000109. The molecule has 0 aromatic carbocycles. The van der Waals surface area contributed by atoms with Crippen LogP contribution in [0.15, 0.2) is 21.8 Å². The van der Waals surface area contributed by atoms with Gasteiger partial charge in [-0.3, -0.25) is 4.99 Å². The summed E-state index contributed by atoms with van der Waals surface area (Å²) in [5.74, 6) is 0.805. The van der Waals surface area contributed by atoms with Crippen LogP contribution in [-0.2, 0) is 0 Å². The third-order valence-corrected chi connectivity index (χ3v) is 4.99. The highest BCUT2D eigenvalue weighted by Gasteiger charge is 2.13. The molecule has 0 radical (unpaired) electrons. The third-order valence-electron chi connectivity index (χ3n) is 3.37. The minimum absolute atomic E-state index is 0.805. The molecule has 0 spiro atoms. The van der Waals surface area contributed by atoms with Crippen molar-refractivity contribution in [2.75, 3.05) is 32.5 Å². The van der Waals surface area contributed by atoms with Crippen molar-refractivity contribution in [1.82, 2.24) is 20.2 Å². The van der Waals surface area contributed by atoms with Crippen LogP contribution in [0.4, 0.5) is 5.13 Å². The van der Waals surface area contributed by atoms with E-state index >= 15 is 0 Å². The fourth-order valence-electron chi connectivity index (χ4n) is 2.25. The van der Waals surface area contributed by atoms with Gasteiger partial charge in [0.25, 0.3) is 0 Å². The highest BCUT2D eigenvalue weighted by atomic mass is 32.1. The standard InChI is InChI=1S/C15H20N6S2.C2H6/c1-4-12(21(2)3)13-18-10(8-22-13)11-9-23-15(19-11)20-14-16-6-5-7-17-14;1-2/h4,8-9H,5-7H2,1-3H3,(H2,16,17,19,20);1-2H3/b12-4-;. The molecule has 0 fully saturated rings. The van der Waals surface area contributed by atoms with Gasteiger partial charge in [-0.25, -0.2) is 9.97 Å². The smallest absolute Gasteiger partial charge is 0.197 e. The molecule has 8 heteroatoms. The van der Waals surface area contributed by atoms with E-state index in [1.807, 2.05) is 40.2 Å². The number of aromatic nitrogens is 2. The van der Waals surface area contributed by atoms with Crippen molar-refractivity contribution >= 4 is 39.5 Å². The van der Waals surface area contributed by atoms with Crippen LogP contribution in [0.2, 0.25) is 0 Å². The summed E-state index contributed by atoms with van der Waals surface area (Å²) in [7, 11) is 4.05. The van der Waals surface area contributed by atoms with E-state index in [4.69, 9.17) is 4.98 Å². The number of hydrogen-bond acceptors (Lipinski definition) is 8. The number of hydrogen-bond donors (Lipinski definition) is 2. The van der Waals surface area contributed by atoms with E-state index < -0.39 is 0 Å². The average molecular weight is 379 g/mol. The maximum Gasteiger partial charge on any atom is 0.197 e. The van der Waals surface area contributed by atoms with Crippen molar-refractivity contribution in [2.45, 2.75) is 27.2 Å². The number of thiazole rings is 2. The minimum atomic E-state index is 0.805. The van der Waals surface area contributed by atoms with Gasteiger partial charge in [0.05, 0.1) is 5.70 Å². The van der Waals surface area contributed by atoms with E-state index in [0.717, 1.165) is 52.7 Å². The third kappa shape index (κ3) is 5.02. The second kappa shape index (κ2) is 9.53. The van der Waals surface area contributed by atoms with Crippen molar-refractivity contribution in [1.29, 1.82) is 0 Å². The Morgan fingerprint density at radius 3 is 2.56 bits per heavy atom. The van der Waals surface area contributed by atoms with Crippen LogP contribution in [0.1, 0.15) is 32.2 Å². The molecular formula is C17H26N6S2. The molecule has 6 nitrogen and oxygen atoms in total. The molecular weight excluding hydrogens is 352 g/mol. The van der Waals surface area contributed by atoms with Gasteiger partial charge in [0.2, 0.25) is 0 Å². The summed E-state index contributed by atoms with van der Waals surface area (Å²) in [4.78, 5) is 15.8. The summed E-state index contributed by atoms with van der Waals surface area (Å²) in [6.45, 7) is 7.84. The Bertz CT molecular complexity index is 729. The van der Waals surface area contributed by atoms with E-state index in [1.165, 1.54) is 0 Å². The van der Waals surface area contributed by atoms with E-state index in [-0.39, 0.29) is 0 Å². The molecule has 0 aliphatic carbocycles. The summed E-state index contributed by atoms with van der Waals surface area (Å²) in [5.41, 5.74) is 2.93. The zero-order chi connectivity index (χ0) is 18.2. The first-order valence-electron chi connectivity index (χ1n) is 8.48. The molecule has 25 heavy (non-hydrogen) atoms. The largest absolute Gasteiger partial charge is 0.376 e. The monoisotopic (exact) mass is 378 g/mol. The topological polar surface area (TPSA) is 65.4 Å². The van der Waals surface area contributed by atoms with Crippen LogP contribution in [0, 0.1) is 0 Å². The van der Waals surface area contributed by atoms with Gasteiger partial charge in [-0.2, -0.15) is 0 Å². The van der Waals surface area contributed by atoms with Gasteiger partial charge in [-0.1, -0.05) is 19.9 Å². The molecule has 0 saturated heterocycles. The Labute approximate surface area is 157 Å². The fourth-order valence-corrected chi connectivity index (χ4v) is 3.92. The molecule has 3 heterocycles. The molecule has 1 aliphatic heterocycles. The second-order valence-electron chi connectivity index (χ2n) is 5.28. The summed E-state index contributed by atoms with van der Waals surface area (Å²) in [6.07, 6.45) is 3.15. The first kappa shape index (κ1) is 19.4. The van der Waals surface area contributed by atoms with Crippen LogP contribution in [-0.4, -0.2) is 48.0 Å².